The van der Waals surface area contributed by atoms with Crippen LogP contribution in [0, 0.1) is 6.92 Å². The summed E-state index contributed by atoms with van der Waals surface area (Å²) in [6.45, 7) is 7.08. The van der Waals surface area contributed by atoms with Gasteiger partial charge < -0.3 is 15.0 Å². The van der Waals surface area contributed by atoms with Crippen molar-refractivity contribution in [3.8, 4) is 5.75 Å². The Morgan fingerprint density at radius 2 is 1.78 bits per heavy atom. The summed E-state index contributed by atoms with van der Waals surface area (Å²) in [4.78, 5) is 16.7. The van der Waals surface area contributed by atoms with E-state index in [2.05, 4.69) is 41.4 Å². The van der Waals surface area contributed by atoms with Gasteiger partial charge in [-0.1, -0.05) is 42.0 Å². The second-order valence-electron chi connectivity index (χ2n) is 7.07. The Morgan fingerprint density at radius 1 is 1.04 bits per heavy atom. The molecule has 27 heavy (non-hydrogen) atoms. The smallest absolute Gasteiger partial charge is 0.317 e. The molecule has 5 nitrogen and oxygen atoms in total. The molecule has 0 saturated carbocycles. The first kappa shape index (κ1) is 19.2. The van der Waals surface area contributed by atoms with Crippen LogP contribution >= 0.6 is 0 Å². The average Bonchev–Trinajstić information content (AvgIpc) is 2.71. The molecule has 1 saturated heterocycles. The number of ether oxygens (including phenoxy) is 1. The minimum atomic E-state index is 0.0336. The fourth-order valence-corrected chi connectivity index (χ4v) is 3.37. The van der Waals surface area contributed by atoms with E-state index in [9.17, 15) is 4.79 Å². The van der Waals surface area contributed by atoms with Crippen molar-refractivity contribution in [3.63, 3.8) is 0 Å². The van der Waals surface area contributed by atoms with E-state index in [4.69, 9.17) is 4.74 Å². The normalized spacial score (nSPS) is 14.8. The monoisotopic (exact) mass is 367 g/mol. The Labute approximate surface area is 161 Å². The number of amides is 2. The van der Waals surface area contributed by atoms with Crippen molar-refractivity contribution in [1.82, 2.24) is 15.1 Å². The molecule has 3 rings (SSSR count). The average molecular weight is 367 g/mol. The van der Waals surface area contributed by atoms with Gasteiger partial charge in [0, 0.05) is 39.3 Å². The number of hydrogen-bond donors (Lipinski definition) is 1. The number of piperazine rings is 1. The van der Waals surface area contributed by atoms with Gasteiger partial charge in [-0.3, -0.25) is 4.90 Å². The summed E-state index contributed by atoms with van der Waals surface area (Å²) in [6.07, 6.45) is 1.02. The molecule has 0 spiro atoms. The standard InChI is InChI=1S/C22H29N3O2/c1-18-4-3-5-20(16-18)17-23-22(26)25-14-12-24(13-15-25)11-10-19-6-8-21(27-2)9-7-19/h3-9,16H,10-15,17H2,1-2H3,(H,23,26). The molecule has 2 aromatic rings. The Morgan fingerprint density at radius 3 is 2.44 bits per heavy atom. The summed E-state index contributed by atoms with van der Waals surface area (Å²) in [7, 11) is 1.69. The van der Waals surface area contributed by atoms with E-state index in [0.29, 0.717) is 6.54 Å². The van der Waals surface area contributed by atoms with Crippen molar-refractivity contribution < 1.29 is 9.53 Å². The molecule has 0 aliphatic carbocycles. The Balaban J connectivity index is 1.38. The molecule has 2 amide bonds. The van der Waals surface area contributed by atoms with Crippen LogP contribution in [0.15, 0.2) is 48.5 Å². The van der Waals surface area contributed by atoms with Gasteiger partial charge in [-0.15, -0.1) is 0 Å². The molecule has 0 unspecified atom stereocenters. The zero-order valence-corrected chi connectivity index (χ0v) is 16.3. The van der Waals surface area contributed by atoms with Gasteiger partial charge in [0.1, 0.15) is 5.75 Å². The third-order valence-corrected chi connectivity index (χ3v) is 5.06. The molecule has 1 aliphatic heterocycles. The highest BCUT2D eigenvalue weighted by Gasteiger charge is 2.20. The van der Waals surface area contributed by atoms with Crippen molar-refractivity contribution in [2.45, 2.75) is 19.9 Å². The van der Waals surface area contributed by atoms with Gasteiger partial charge in [-0.25, -0.2) is 4.79 Å². The van der Waals surface area contributed by atoms with Crippen LogP contribution in [-0.2, 0) is 13.0 Å². The number of nitrogens with zero attached hydrogens (tertiary/aromatic N) is 2. The zero-order chi connectivity index (χ0) is 19.1. The molecule has 5 heteroatoms. The fourth-order valence-electron chi connectivity index (χ4n) is 3.37. The maximum absolute atomic E-state index is 12.4. The van der Waals surface area contributed by atoms with E-state index in [1.165, 1.54) is 11.1 Å². The van der Waals surface area contributed by atoms with Crippen molar-refractivity contribution in [2.24, 2.45) is 0 Å². The van der Waals surface area contributed by atoms with Gasteiger partial charge in [0.2, 0.25) is 0 Å². The fraction of sp³-hybridized carbons (Fsp3) is 0.409. The second kappa shape index (κ2) is 9.42. The predicted octanol–water partition coefficient (Wildman–Crippen LogP) is 3.07. The molecule has 0 radical (unpaired) electrons. The molecule has 0 aromatic heterocycles. The predicted molar refractivity (Wildman–Crippen MR) is 108 cm³/mol. The van der Waals surface area contributed by atoms with Crippen molar-refractivity contribution >= 4 is 6.03 Å². The number of rotatable bonds is 6. The van der Waals surface area contributed by atoms with Crippen LogP contribution in [0.1, 0.15) is 16.7 Å². The van der Waals surface area contributed by atoms with Crippen LogP contribution in [0.2, 0.25) is 0 Å². The molecule has 144 valence electrons. The first-order valence-corrected chi connectivity index (χ1v) is 9.57. The maximum Gasteiger partial charge on any atom is 0.317 e. The van der Waals surface area contributed by atoms with Crippen molar-refractivity contribution in [2.75, 3.05) is 39.8 Å². The molecule has 1 fully saturated rings. The van der Waals surface area contributed by atoms with Crippen LogP contribution < -0.4 is 10.1 Å². The number of methoxy groups -OCH3 is 1. The van der Waals surface area contributed by atoms with Crippen LogP contribution in [0.5, 0.6) is 5.75 Å². The van der Waals surface area contributed by atoms with E-state index in [0.717, 1.165) is 50.5 Å². The highest BCUT2D eigenvalue weighted by Crippen LogP contribution is 2.12. The third-order valence-electron chi connectivity index (χ3n) is 5.06. The van der Waals surface area contributed by atoms with Crippen LogP contribution in [-0.4, -0.2) is 55.7 Å². The van der Waals surface area contributed by atoms with Crippen molar-refractivity contribution in [3.05, 3.63) is 65.2 Å². The lowest BCUT2D eigenvalue weighted by Gasteiger charge is -2.34. The van der Waals surface area contributed by atoms with Crippen LogP contribution in [0.4, 0.5) is 4.79 Å². The Kier molecular flexibility index (Phi) is 6.71. The summed E-state index contributed by atoms with van der Waals surface area (Å²) in [5.74, 6) is 0.893. The van der Waals surface area contributed by atoms with Gasteiger partial charge in [-0.2, -0.15) is 0 Å². The number of hydrogen-bond acceptors (Lipinski definition) is 3. The number of carbonyl (C=O) groups is 1. The van der Waals surface area contributed by atoms with E-state index in [1.54, 1.807) is 7.11 Å². The first-order valence-electron chi connectivity index (χ1n) is 9.57. The minimum absolute atomic E-state index is 0.0336. The lowest BCUT2D eigenvalue weighted by atomic mass is 10.1. The third kappa shape index (κ3) is 5.73. The number of urea groups is 1. The number of nitrogens with one attached hydrogen (secondary N) is 1. The summed E-state index contributed by atoms with van der Waals surface area (Å²) in [5.41, 5.74) is 3.67. The lowest BCUT2D eigenvalue weighted by Crippen LogP contribution is -2.51. The van der Waals surface area contributed by atoms with Crippen molar-refractivity contribution in [1.29, 1.82) is 0 Å². The van der Waals surface area contributed by atoms with Gasteiger partial charge in [0.25, 0.3) is 0 Å². The molecule has 1 aliphatic rings. The Hall–Kier alpha value is -2.53. The molecule has 0 atom stereocenters. The molecule has 1 heterocycles. The largest absolute Gasteiger partial charge is 0.497 e. The highest BCUT2D eigenvalue weighted by molar-refractivity contribution is 5.74. The van der Waals surface area contributed by atoms with Gasteiger partial charge in [-0.05, 0) is 36.6 Å². The van der Waals surface area contributed by atoms with E-state index in [1.807, 2.05) is 29.2 Å². The lowest BCUT2D eigenvalue weighted by molar-refractivity contribution is 0.140. The highest BCUT2D eigenvalue weighted by atomic mass is 16.5. The summed E-state index contributed by atoms with van der Waals surface area (Å²) in [5, 5.41) is 3.04. The molecular formula is C22H29N3O2. The van der Waals surface area contributed by atoms with Gasteiger partial charge >= 0.3 is 6.03 Å². The number of benzene rings is 2. The van der Waals surface area contributed by atoms with Crippen LogP contribution in [0.25, 0.3) is 0 Å². The van der Waals surface area contributed by atoms with Crippen LogP contribution in [0.3, 0.4) is 0 Å². The molecule has 2 aromatic carbocycles. The van der Waals surface area contributed by atoms with Gasteiger partial charge in [0.05, 0.1) is 7.11 Å². The zero-order valence-electron chi connectivity index (χ0n) is 16.3. The van der Waals surface area contributed by atoms with E-state index >= 15 is 0 Å². The number of aryl methyl sites for hydroxylation is 1. The maximum atomic E-state index is 12.4. The summed E-state index contributed by atoms with van der Waals surface area (Å²) in [6, 6.07) is 16.5. The topological polar surface area (TPSA) is 44.8 Å². The first-order chi connectivity index (χ1) is 13.1. The number of carbonyl (C=O) groups excluding carboxylic acids is 1. The molecule has 1 N–H and O–H groups in total. The minimum Gasteiger partial charge on any atom is -0.497 e. The quantitative estimate of drug-likeness (QED) is 0.853. The second-order valence-corrected chi connectivity index (χ2v) is 7.07. The summed E-state index contributed by atoms with van der Waals surface area (Å²) >= 11 is 0. The van der Waals surface area contributed by atoms with E-state index < -0.39 is 0 Å². The van der Waals surface area contributed by atoms with E-state index in [-0.39, 0.29) is 6.03 Å². The molecule has 0 bridgehead atoms. The van der Waals surface area contributed by atoms with Gasteiger partial charge in [0.15, 0.2) is 0 Å². The summed E-state index contributed by atoms with van der Waals surface area (Å²) < 4.78 is 5.20. The SMILES string of the molecule is COc1ccc(CCN2CCN(C(=O)NCc3cccc(C)c3)CC2)cc1. The molecular weight excluding hydrogens is 338 g/mol. The Bertz CT molecular complexity index is 737.